The van der Waals surface area contributed by atoms with Crippen LogP contribution in [-0.4, -0.2) is 31.2 Å². The number of nitro groups is 1. The van der Waals surface area contributed by atoms with Gasteiger partial charge < -0.3 is 9.64 Å². The van der Waals surface area contributed by atoms with Crippen LogP contribution < -0.4 is 4.90 Å². The van der Waals surface area contributed by atoms with Crippen LogP contribution in [0.15, 0.2) is 46.9 Å². The molecule has 0 amide bonds. The van der Waals surface area contributed by atoms with Crippen LogP contribution in [-0.2, 0) is 4.74 Å². The van der Waals surface area contributed by atoms with E-state index < -0.39 is 4.92 Å². The monoisotopic (exact) mass is 413 g/mol. The Kier molecular flexibility index (Phi) is 5.66. The summed E-state index contributed by atoms with van der Waals surface area (Å²) in [6.45, 7) is 2.63. The number of rotatable bonds is 4. The molecular formula is C19H16BrN3O3. The third kappa shape index (κ3) is 4.10. The van der Waals surface area contributed by atoms with Crippen molar-refractivity contribution in [1.82, 2.24) is 0 Å². The zero-order valence-electron chi connectivity index (χ0n) is 13.9. The minimum Gasteiger partial charge on any atom is -0.378 e. The molecule has 3 rings (SSSR count). The van der Waals surface area contributed by atoms with Gasteiger partial charge in [0.05, 0.1) is 29.8 Å². The van der Waals surface area contributed by atoms with Gasteiger partial charge in [-0.25, -0.2) is 0 Å². The molecule has 0 N–H and O–H groups in total. The van der Waals surface area contributed by atoms with Gasteiger partial charge in [-0.05, 0) is 29.8 Å². The van der Waals surface area contributed by atoms with Gasteiger partial charge in [-0.15, -0.1) is 0 Å². The van der Waals surface area contributed by atoms with E-state index >= 15 is 0 Å². The van der Waals surface area contributed by atoms with Crippen LogP contribution in [0.5, 0.6) is 0 Å². The third-order valence-corrected chi connectivity index (χ3v) is 4.68. The van der Waals surface area contributed by atoms with Crippen molar-refractivity contribution in [2.75, 3.05) is 31.2 Å². The second-order valence-electron chi connectivity index (χ2n) is 5.78. The number of ether oxygens (including phenoxy) is 1. The lowest BCUT2D eigenvalue weighted by Crippen LogP contribution is -2.36. The van der Waals surface area contributed by atoms with Gasteiger partial charge in [0.25, 0.3) is 5.69 Å². The summed E-state index contributed by atoms with van der Waals surface area (Å²) in [6.07, 6.45) is 1.71. The number of non-ortho nitro benzene ring substituents is 1. The SMILES string of the molecule is N#C/C(=C/c1cc([N+](=O)[O-])ccc1N1CCOCC1)c1ccc(Br)cc1. The predicted octanol–water partition coefficient (Wildman–Crippen LogP) is 4.26. The molecule has 132 valence electrons. The molecule has 2 aromatic rings. The number of hydrogen-bond acceptors (Lipinski definition) is 5. The summed E-state index contributed by atoms with van der Waals surface area (Å²) in [5.74, 6) is 0. The summed E-state index contributed by atoms with van der Waals surface area (Å²) in [5, 5.41) is 20.8. The number of allylic oxidation sites excluding steroid dienone is 1. The second kappa shape index (κ2) is 8.13. The molecule has 0 atom stereocenters. The first-order valence-corrected chi connectivity index (χ1v) is 8.86. The van der Waals surface area contributed by atoms with Crippen molar-refractivity contribution >= 4 is 39.0 Å². The molecular weight excluding hydrogens is 398 g/mol. The quantitative estimate of drug-likeness (QED) is 0.323. The highest BCUT2D eigenvalue weighted by atomic mass is 79.9. The average Bonchev–Trinajstić information content (AvgIpc) is 2.67. The number of nitro benzene ring substituents is 1. The minimum atomic E-state index is -0.424. The summed E-state index contributed by atoms with van der Waals surface area (Å²) >= 11 is 3.38. The number of morpholine rings is 1. The fourth-order valence-corrected chi connectivity index (χ4v) is 3.09. The summed E-state index contributed by atoms with van der Waals surface area (Å²) in [7, 11) is 0. The standard InChI is InChI=1S/C19H16BrN3O3/c20-17-3-1-14(2-4-17)16(13-21)11-15-12-18(23(24)25)5-6-19(15)22-7-9-26-10-8-22/h1-6,11-12H,7-10H2/b16-11-. The van der Waals surface area contributed by atoms with Crippen LogP contribution in [0, 0.1) is 21.4 Å². The van der Waals surface area contributed by atoms with E-state index in [4.69, 9.17) is 4.74 Å². The van der Waals surface area contributed by atoms with Gasteiger partial charge in [0.2, 0.25) is 0 Å². The van der Waals surface area contributed by atoms with Crippen LogP contribution in [0.3, 0.4) is 0 Å². The summed E-state index contributed by atoms with van der Waals surface area (Å²) < 4.78 is 6.30. The average molecular weight is 414 g/mol. The van der Waals surface area contributed by atoms with Gasteiger partial charge in [-0.2, -0.15) is 5.26 Å². The molecule has 2 aromatic carbocycles. The van der Waals surface area contributed by atoms with Gasteiger partial charge in [0.15, 0.2) is 0 Å². The van der Waals surface area contributed by atoms with Gasteiger partial charge in [-0.1, -0.05) is 28.1 Å². The molecule has 0 spiro atoms. The zero-order valence-corrected chi connectivity index (χ0v) is 15.5. The highest BCUT2D eigenvalue weighted by Crippen LogP contribution is 2.30. The van der Waals surface area contributed by atoms with Crippen LogP contribution in [0.4, 0.5) is 11.4 Å². The van der Waals surface area contributed by atoms with E-state index in [1.807, 2.05) is 24.3 Å². The largest absolute Gasteiger partial charge is 0.378 e. The molecule has 1 saturated heterocycles. The third-order valence-electron chi connectivity index (χ3n) is 4.15. The van der Waals surface area contributed by atoms with Gasteiger partial charge in [0.1, 0.15) is 0 Å². The molecule has 0 radical (unpaired) electrons. The van der Waals surface area contributed by atoms with Gasteiger partial charge in [0, 0.05) is 40.9 Å². The fourth-order valence-electron chi connectivity index (χ4n) is 2.83. The minimum absolute atomic E-state index is 0.00125. The molecule has 0 saturated carbocycles. The summed E-state index contributed by atoms with van der Waals surface area (Å²) in [6, 6.07) is 14.3. The molecule has 7 heteroatoms. The number of nitrogens with zero attached hydrogens (tertiary/aromatic N) is 3. The van der Waals surface area contributed by atoms with Crippen molar-refractivity contribution < 1.29 is 9.66 Å². The van der Waals surface area contributed by atoms with Crippen LogP contribution in [0.1, 0.15) is 11.1 Å². The lowest BCUT2D eigenvalue weighted by atomic mass is 10.0. The Labute approximate surface area is 159 Å². The first-order valence-electron chi connectivity index (χ1n) is 8.07. The number of halogens is 1. The van der Waals surface area contributed by atoms with Crippen molar-refractivity contribution in [3.8, 4) is 6.07 Å². The fraction of sp³-hybridized carbons (Fsp3) is 0.211. The molecule has 26 heavy (non-hydrogen) atoms. The number of hydrogen-bond donors (Lipinski definition) is 0. The van der Waals surface area contributed by atoms with E-state index in [-0.39, 0.29) is 5.69 Å². The Bertz CT molecular complexity index is 882. The van der Waals surface area contributed by atoms with Crippen LogP contribution in [0.2, 0.25) is 0 Å². The topological polar surface area (TPSA) is 79.4 Å². The Hall–Kier alpha value is -2.69. The Balaban J connectivity index is 2.07. The van der Waals surface area contributed by atoms with Crippen LogP contribution >= 0.6 is 15.9 Å². The number of nitriles is 1. The van der Waals surface area contributed by atoms with Crippen molar-refractivity contribution in [3.63, 3.8) is 0 Å². The normalized spacial score (nSPS) is 14.8. The Morgan fingerprint density at radius 2 is 1.92 bits per heavy atom. The van der Waals surface area contributed by atoms with Crippen molar-refractivity contribution in [3.05, 3.63) is 68.2 Å². The maximum Gasteiger partial charge on any atom is 0.270 e. The predicted molar refractivity (Wildman–Crippen MR) is 104 cm³/mol. The summed E-state index contributed by atoms with van der Waals surface area (Å²) in [5.41, 5.74) is 2.73. The van der Waals surface area contributed by atoms with E-state index in [9.17, 15) is 15.4 Å². The molecule has 1 aliphatic rings. The first kappa shape index (κ1) is 18.1. The molecule has 0 aliphatic carbocycles. The smallest absolute Gasteiger partial charge is 0.270 e. The molecule has 6 nitrogen and oxygen atoms in total. The molecule has 1 heterocycles. The maximum atomic E-state index is 11.2. The van der Waals surface area contributed by atoms with E-state index in [0.717, 1.165) is 15.7 Å². The second-order valence-corrected chi connectivity index (χ2v) is 6.69. The van der Waals surface area contributed by atoms with E-state index in [1.54, 1.807) is 12.1 Å². The zero-order chi connectivity index (χ0) is 18.5. The molecule has 0 bridgehead atoms. The van der Waals surface area contributed by atoms with E-state index in [2.05, 4.69) is 26.9 Å². The number of anilines is 1. The lowest BCUT2D eigenvalue weighted by Gasteiger charge is -2.30. The molecule has 0 aromatic heterocycles. The van der Waals surface area contributed by atoms with Crippen molar-refractivity contribution in [1.29, 1.82) is 5.26 Å². The van der Waals surface area contributed by atoms with Gasteiger partial charge in [-0.3, -0.25) is 10.1 Å². The Morgan fingerprint density at radius 1 is 1.23 bits per heavy atom. The van der Waals surface area contributed by atoms with E-state index in [1.165, 1.54) is 12.1 Å². The molecule has 1 aliphatic heterocycles. The maximum absolute atomic E-state index is 11.2. The van der Waals surface area contributed by atoms with Crippen molar-refractivity contribution in [2.45, 2.75) is 0 Å². The van der Waals surface area contributed by atoms with Crippen molar-refractivity contribution in [2.24, 2.45) is 0 Å². The molecule has 0 unspecified atom stereocenters. The van der Waals surface area contributed by atoms with Gasteiger partial charge >= 0.3 is 0 Å². The summed E-state index contributed by atoms with van der Waals surface area (Å²) in [4.78, 5) is 12.9. The lowest BCUT2D eigenvalue weighted by molar-refractivity contribution is -0.384. The Morgan fingerprint density at radius 3 is 2.54 bits per heavy atom. The van der Waals surface area contributed by atoms with Crippen LogP contribution in [0.25, 0.3) is 11.6 Å². The highest BCUT2D eigenvalue weighted by Gasteiger charge is 2.17. The highest BCUT2D eigenvalue weighted by molar-refractivity contribution is 9.10. The molecule has 1 fully saturated rings. The van der Waals surface area contributed by atoms with E-state index in [0.29, 0.717) is 37.4 Å². The number of benzene rings is 2. The first-order chi connectivity index (χ1) is 12.6.